The molecule has 0 saturated carbocycles. The Morgan fingerprint density at radius 1 is 1.64 bits per heavy atom. The highest BCUT2D eigenvalue weighted by Crippen LogP contribution is 2.17. The van der Waals surface area contributed by atoms with Gasteiger partial charge in [0.1, 0.15) is 0 Å². The Morgan fingerprint density at radius 2 is 2.29 bits per heavy atom. The van der Waals surface area contributed by atoms with E-state index in [1.807, 2.05) is 13.8 Å². The van der Waals surface area contributed by atoms with Gasteiger partial charge in [0.05, 0.1) is 11.3 Å². The number of carbonyl (C=O) groups is 2. The molecule has 0 amide bonds. The van der Waals surface area contributed by atoms with Crippen molar-refractivity contribution in [3.05, 3.63) is 23.0 Å². The van der Waals surface area contributed by atoms with E-state index in [1.165, 1.54) is 6.20 Å². The molecule has 1 rings (SSSR count). The monoisotopic (exact) mass is 195 g/mol. The van der Waals surface area contributed by atoms with Crippen molar-refractivity contribution >= 4 is 12.3 Å². The molecular formula is C10H13NO3. The topological polar surface area (TPSA) is 70.2 Å². The summed E-state index contributed by atoms with van der Waals surface area (Å²) in [5, 5.41) is 8.85. The summed E-state index contributed by atoms with van der Waals surface area (Å²) in [5.41, 5.74) is 1.17. The summed E-state index contributed by atoms with van der Waals surface area (Å²) in [4.78, 5) is 24.1. The third-order valence-electron chi connectivity index (χ3n) is 1.98. The number of aromatic carboxylic acids is 1. The summed E-state index contributed by atoms with van der Waals surface area (Å²) < 4.78 is 0. The number of carboxylic acid groups (broad SMARTS) is 1. The van der Waals surface area contributed by atoms with Crippen LogP contribution in [0.4, 0.5) is 0 Å². The Kier molecular flexibility index (Phi) is 3.06. The number of carboxylic acids is 1. The van der Waals surface area contributed by atoms with Crippen LogP contribution in [0.1, 0.15) is 40.3 Å². The SMILES string of the molecule is CC(C)Cc1c(C(=O)O)c[nH]c1C=O. The van der Waals surface area contributed by atoms with Gasteiger partial charge in [0.15, 0.2) is 6.29 Å². The maximum Gasteiger partial charge on any atom is 0.337 e. The van der Waals surface area contributed by atoms with Gasteiger partial charge in [-0.15, -0.1) is 0 Å². The van der Waals surface area contributed by atoms with Crippen molar-refractivity contribution in [2.45, 2.75) is 20.3 Å². The van der Waals surface area contributed by atoms with Gasteiger partial charge in [0.25, 0.3) is 0 Å². The summed E-state index contributed by atoms with van der Waals surface area (Å²) in [7, 11) is 0. The van der Waals surface area contributed by atoms with Gasteiger partial charge in [-0.1, -0.05) is 13.8 Å². The summed E-state index contributed by atoms with van der Waals surface area (Å²) in [6.07, 6.45) is 2.62. The third-order valence-corrected chi connectivity index (χ3v) is 1.98. The van der Waals surface area contributed by atoms with Crippen LogP contribution in [0.5, 0.6) is 0 Å². The fourth-order valence-corrected chi connectivity index (χ4v) is 1.39. The lowest BCUT2D eigenvalue weighted by atomic mass is 10.00. The zero-order valence-corrected chi connectivity index (χ0v) is 8.20. The number of carbonyl (C=O) groups excluding carboxylic acids is 1. The number of aromatic amines is 1. The summed E-state index contributed by atoms with van der Waals surface area (Å²) in [6.45, 7) is 3.96. The normalized spacial score (nSPS) is 10.5. The van der Waals surface area contributed by atoms with Crippen LogP contribution in [0.15, 0.2) is 6.20 Å². The summed E-state index contributed by atoms with van der Waals surface area (Å²) >= 11 is 0. The van der Waals surface area contributed by atoms with E-state index in [-0.39, 0.29) is 5.56 Å². The zero-order valence-electron chi connectivity index (χ0n) is 8.20. The number of rotatable bonds is 4. The van der Waals surface area contributed by atoms with Crippen LogP contribution >= 0.6 is 0 Å². The molecule has 0 aliphatic carbocycles. The van der Waals surface area contributed by atoms with Crippen LogP contribution in [0.25, 0.3) is 0 Å². The number of hydrogen-bond acceptors (Lipinski definition) is 2. The number of H-pyrrole nitrogens is 1. The molecule has 2 N–H and O–H groups in total. The van der Waals surface area contributed by atoms with E-state index in [9.17, 15) is 9.59 Å². The second kappa shape index (κ2) is 4.09. The van der Waals surface area contributed by atoms with Gasteiger partial charge in [-0.2, -0.15) is 0 Å². The van der Waals surface area contributed by atoms with Crippen LogP contribution in [-0.2, 0) is 6.42 Å². The van der Waals surface area contributed by atoms with Crippen molar-refractivity contribution in [3.8, 4) is 0 Å². The number of aromatic nitrogens is 1. The van der Waals surface area contributed by atoms with Crippen molar-refractivity contribution < 1.29 is 14.7 Å². The average molecular weight is 195 g/mol. The molecule has 0 bridgehead atoms. The molecule has 0 aromatic carbocycles. The standard InChI is InChI=1S/C10H13NO3/c1-6(2)3-7-8(10(13)14)4-11-9(7)5-12/h4-6,11H,3H2,1-2H3,(H,13,14). The van der Waals surface area contributed by atoms with Crippen molar-refractivity contribution in [2.24, 2.45) is 5.92 Å². The summed E-state index contributed by atoms with van der Waals surface area (Å²) in [5.74, 6) is -0.674. The van der Waals surface area contributed by atoms with E-state index in [0.717, 1.165) is 0 Å². The quantitative estimate of drug-likeness (QED) is 0.718. The molecule has 1 aromatic heterocycles. The number of hydrogen-bond donors (Lipinski definition) is 2. The Morgan fingerprint density at radius 3 is 2.71 bits per heavy atom. The first-order valence-electron chi connectivity index (χ1n) is 4.45. The minimum atomic E-state index is -0.995. The van der Waals surface area contributed by atoms with E-state index in [2.05, 4.69) is 4.98 Å². The highest BCUT2D eigenvalue weighted by Gasteiger charge is 2.16. The second-order valence-corrected chi connectivity index (χ2v) is 3.62. The molecule has 76 valence electrons. The Labute approximate surface area is 81.9 Å². The Bertz CT molecular complexity index is 352. The average Bonchev–Trinajstić information content (AvgIpc) is 2.46. The van der Waals surface area contributed by atoms with Crippen LogP contribution in [0, 0.1) is 5.92 Å². The molecule has 0 radical (unpaired) electrons. The van der Waals surface area contributed by atoms with Crippen LogP contribution in [0.2, 0.25) is 0 Å². The molecule has 1 heterocycles. The van der Waals surface area contributed by atoms with Gasteiger partial charge in [0.2, 0.25) is 0 Å². The maximum absolute atomic E-state index is 10.8. The Balaban J connectivity index is 3.12. The van der Waals surface area contributed by atoms with E-state index in [1.54, 1.807) is 0 Å². The minimum Gasteiger partial charge on any atom is -0.478 e. The molecule has 0 unspecified atom stereocenters. The van der Waals surface area contributed by atoms with Gasteiger partial charge < -0.3 is 10.1 Å². The van der Waals surface area contributed by atoms with Crippen molar-refractivity contribution in [1.29, 1.82) is 0 Å². The summed E-state index contributed by atoms with van der Waals surface area (Å²) in [6, 6.07) is 0. The van der Waals surface area contributed by atoms with Gasteiger partial charge in [-0.3, -0.25) is 4.79 Å². The molecule has 4 nitrogen and oxygen atoms in total. The van der Waals surface area contributed by atoms with E-state index in [4.69, 9.17) is 5.11 Å². The van der Waals surface area contributed by atoms with Gasteiger partial charge in [-0.05, 0) is 17.9 Å². The molecule has 0 aliphatic rings. The Hall–Kier alpha value is -1.58. The molecule has 4 heteroatoms. The fraction of sp³-hybridized carbons (Fsp3) is 0.400. The van der Waals surface area contributed by atoms with Crippen LogP contribution in [0.3, 0.4) is 0 Å². The number of aldehydes is 1. The predicted octanol–water partition coefficient (Wildman–Crippen LogP) is 1.72. The second-order valence-electron chi connectivity index (χ2n) is 3.62. The van der Waals surface area contributed by atoms with Gasteiger partial charge in [-0.25, -0.2) is 4.79 Å². The first-order valence-corrected chi connectivity index (χ1v) is 4.45. The lowest BCUT2D eigenvalue weighted by Gasteiger charge is -2.04. The lowest BCUT2D eigenvalue weighted by molar-refractivity contribution is 0.0696. The van der Waals surface area contributed by atoms with Gasteiger partial charge in [0, 0.05) is 6.20 Å². The maximum atomic E-state index is 10.8. The number of nitrogens with one attached hydrogen (secondary N) is 1. The minimum absolute atomic E-state index is 0.195. The van der Waals surface area contributed by atoms with Crippen molar-refractivity contribution in [3.63, 3.8) is 0 Å². The van der Waals surface area contributed by atoms with E-state index in [0.29, 0.717) is 29.9 Å². The molecule has 1 aromatic rings. The molecule has 0 fully saturated rings. The van der Waals surface area contributed by atoms with Gasteiger partial charge >= 0.3 is 5.97 Å². The highest BCUT2D eigenvalue weighted by molar-refractivity contribution is 5.92. The van der Waals surface area contributed by atoms with Crippen molar-refractivity contribution in [2.75, 3.05) is 0 Å². The molecule has 0 saturated heterocycles. The largest absolute Gasteiger partial charge is 0.478 e. The molecule has 0 atom stereocenters. The van der Waals surface area contributed by atoms with Crippen LogP contribution in [-0.4, -0.2) is 22.3 Å². The first kappa shape index (κ1) is 10.5. The fourth-order valence-electron chi connectivity index (χ4n) is 1.39. The zero-order chi connectivity index (χ0) is 10.7. The smallest absolute Gasteiger partial charge is 0.337 e. The van der Waals surface area contributed by atoms with E-state index >= 15 is 0 Å². The molecule has 14 heavy (non-hydrogen) atoms. The molecular weight excluding hydrogens is 182 g/mol. The van der Waals surface area contributed by atoms with Crippen molar-refractivity contribution in [1.82, 2.24) is 4.98 Å². The first-order chi connectivity index (χ1) is 6.56. The highest BCUT2D eigenvalue weighted by atomic mass is 16.4. The molecule has 0 aliphatic heterocycles. The lowest BCUT2D eigenvalue weighted by Crippen LogP contribution is -2.04. The van der Waals surface area contributed by atoms with Crippen LogP contribution < -0.4 is 0 Å². The van der Waals surface area contributed by atoms with E-state index < -0.39 is 5.97 Å². The third kappa shape index (κ3) is 2.02. The molecule has 0 spiro atoms. The predicted molar refractivity (Wildman–Crippen MR) is 51.7 cm³/mol.